The molecule has 0 fully saturated rings. The zero-order valence-corrected chi connectivity index (χ0v) is 52.5. The average Bonchev–Trinajstić information content (AvgIpc) is 3.44. The van der Waals surface area contributed by atoms with E-state index in [1.807, 2.05) is 0 Å². The SMILES string of the molecule is CCCCCCC/C=C\C/C=C\C/C=C\CCCCCCCCCCCCC(=O)OCC(COC(=O)CCCCCCC/C=C\CCCCCCC)OC(=O)CCCCCCCCCCCCCCCCCCCCCCC. The molecule has 0 aromatic rings. The lowest BCUT2D eigenvalue weighted by Gasteiger charge is -2.18. The van der Waals surface area contributed by atoms with Gasteiger partial charge in [0.05, 0.1) is 0 Å². The van der Waals surface area contributed by atoms with Gasteiger partial charge >= 0.3 is 17.9 Å². The lowest BCUT2D eigenvalue weighted by atomic mass is 10.0. The maximum atomic E-state index is 12.9. The molecule has 0 bridgehead atoms. The van der Waals surface area contributed by atoms with Crippen LogP contribution in [-0.4, -0.2) is 37.2 Å². The number of hydrogen-bond acceptors (Lipinski definition) is 6. The van der Waals surface area contributed by atoms with Crippen molar-refractivity contribution in [3.8, 4) is 0 Å². The van der Waals surface area contributed by atoms with E-state index < -0.39 is 6.10 Å². The smallest absolute Gasteiger partial charge is 0.306 e. The van der Waals surface area contributed by atoms with Gasteiger partial charge in [-0.1, -0.05) is 320 Å². The van der Waals surface area contributed by atoms with Gasteiger partial charge in [-0.05, 0) is 83.5 Å². The van der Waals surface area contributed by atoms with Crippen LogP contribution in [0.2, 0.25) is 0 Å². The first kappa shape index (κ1) is 75.4. The van der Waals surface area contributed by atoms with Crippen LogP contribution in [0.1, 0.15) is 374 Å². The number of esters is 3. The predicted octanol–water partition coefficient (Wildman–Crippen LogP) is 23.7. The minimum atomic E-state index is -0.777. The highest BCUT2D eigenvalue weighted by molar-refractivity contribution is 5.71. The number of ether oxygens (including phenoxy) is 3. The van der Waals surface area contributed by atoms with E-state index in [0.29, 0.717) is 19.3 Å². The second-order valence-electron chi connectivity index (χ2n) is 23.4. The Morgan fingerprint density at radius 2 is 0.462 bits per heavy atom. The summed E-state index contributed by atoms with van der Waals surface area (Å²) >= 11 is 0. The van der Waals surface area contributed by atoms with Crippen molar-refractivity contribution in [1.29, 1.82) is 0 Å². The van der Waals surface area contributed by atoms with Gasteiger partial charge in [0.1, 0.15) is 13.2 Å². The van der Waals surface area contributed by atoms with Crippen LogP contribution in [-0.2, 0) is 28.6 Å². The van der Waals surface area contributed by atoms with Crippen LogP contribution in [0.3, 0.4) is 0 Å². The monoisotopic (exact) mass is 1090 g/mol. The number of rotatable bonds is 64. The first-order valence-electron chi connectivity index (χ1n) is 34.6. The summed E-state index contributed by atoms with van der Waals surface area (Å²) in [6, 6.07) is 0. The van der Waals surface area contributed by atoms with Crippen molar-refractivity contribution in [1.82, 2.24) is 0 Å². The fraction of sp³-hybridized carbons (Fsp3) is 0.847. The van der Waals surface area contributed by atoms with Crippen molar-refractivity contribution in [2.45, 2.75) is 380 Å². The van der Waals surface area contributed by atoms with Gasteiger partial charge in [-0.2, -0.15) is 0 Å². The molecule has 0 aliphatic heterocycles. The van der Waals surface area contributed by atoms with Crippen molar-refractivity contribution >= 4 is 17.9 Å². The van der Waals surface area contributed by atoms with Crippen molar-refractivity contribution in [3.63, 3.8) is 0 Å². The Kier molecular flexibility index (Phi) is 64.6. The van der Waals surface area contributed by atoms with Gasteiger partial charge < -0.3 is 14.2 Å². The van der Waals surface area contributed by atoms with Gasteiger partial charge in [-0.15, -0.1) is 0 Å². The molecule has 0 N–H and O–H groups in total. The minimum absolute atomic E-state index is 0.0739. The van der Waals surface area contributed by atoms with Crippen molar-refractivity contribution in [2.24, 2.45) is 0 Å². The molecule has 1 unspecified atom stereocenters. The molecule has 0 saturated heterocycles. The first-order valence-corrected chi connectivity index (χ1v) is 34.6. The molecule has 0 saturated carbocycles. The van der Waals surface area contributed by atoms with Gasteiger partial charge in [0.2, 0.25) is 0 Å². The number of carbonyl (C=O) groups is 3. The minimum Gasteiger partial charge on any atom is -0.462 e. The van der Waals surface area contributed by atoms with E-state index in [1.54, 1.807) is 0 Å². The first-order chi connectivity index (χ1) is 38.5. The summed E-state index contributed by atoms with van der Waals surface area (Å²) in [4.78, 5) is 38.4. The summed E-state index contributed by atoms with van der Waals surface area (Å²) in [7, 11) is 0. The summed E-state index contributed by atoms with van der Waals surface area (Å²) in [5, 5.41) is 0. The van der Waals surface area contributed by atoms with E-state index in [9.17, 15) is 14.4 Å². The molecule has 0 spiro atoms. The van der Waals surface area contributed by atoms with Crippen molar-refractivity contribution in [2.75, 3.05) is 13.2 Å². The molecule has 0 aromatic carbocycles. The molecule has 0 aromatic heterocycles. The average molecular weight is 1090 g/mol. The van der Waals surface area contributed by atoms with Crippen LogP contribution in [0.25, 0.3) is 0 Å². The molecular weight excluding hydrogens is 961 g/mol. The molecule has 0 aliphatic carbocycles. The van der Waals surface area contributed by atoms with Crippen molar-refractivity contribution in [3.05, 3.63) is 48.6 Å². The number of carbonyl (C=O) groups excluding carboxylic acids is 3. The van der Waals surface area contributed by atoms with E-state index in [4.69, 9.17) is 14.2 Å². The number of hydrogen-bond donors (Lipinski definition) is 0. The van der Waals surface area contributed by atoms with Crippen LogP contribution < -0.4 is 0 Å². The van der Waals surface area contributed by atoms with Gasteiger partial charge in [0.25, 0.3) is 0 Å². The van der Waals surface area contributed by atoms with E-state index >= 15 is 0 Å². The lowest BCUT2D eigenvalue weighted by molar-refractivity contribution is -0.167. The quantitative estimate of drug-likeness (QED) is 0.0261. The van der Waals surface area contributed by atoms with Crippen LogP contribution in [0.4, 0.5) is 0 Å². The zero-order chi connectivity index (χ0) is 56.4. The van der Waals surface area contributed by atoms with Gasteiger partial charge in [0, 0.05) is 19.3 Å². The Hall–Kier alpha value is -2.63. The second-order valence-corrected chi connectivity index (χ2v) is 23.4. The third-order valence-electron chi connectivity index (χ3n) is 15.6. The molecule has 0 rings (SSSR count). The summed E-state index contributed by atoms with van der Waals surface area (Å²) < 4.78 is 17.0. The fourth-order valence-corrected chi connectivity index (χ4v) is 10.3. The number of allylic oxidation sites excluding steroid dienone is 8. The molecule has 6 nitrogen and oxygen atoms in total. The second kappa shape index (κ2) is 66.9. The van der Waals surface area contributed by atoms with E-state index in [1.165, 1.54) is 257 Å². The van der Waals surface area contributed by atoms with E-state index in [2.05, 4.69) is 69.4 Å². The van der Waals surface area contributed by atoms with Crippen molar-refractivity contribution < 1.29 is 28.6 Å². The summed E-state index contributed by atoms with van der Waals surface area (Å²) in [5.74, 6) is -0.861. The molecule has 0 radical (unpaired) electrons. The predicted molar refractivity (Wildman–Crippen MR) is 339 cm³/mol. The zero-order valence-electron chi connectivity index (χ0n) is 52.5. The summed E-state index contributed by atoms with van der Waals surface area (Å²) in [6.07, 6.45) is 84.1. The Balaban J connectivity index is 4.29. The highest BCUT2D eigenvalue weighted by atomic mass is 16.6. The molecule has 0 amide bonds. The van der Waals surface area contributed by atoms with Gasteiger partial charge in [-0.3, -0.25) is 14.4 Å². The molecular formula is C72H132O6. The van der Waals surface area contributed by atoms with Crippen LogP contribution >= 0.6 is 0 Å². The molecule has 6 heteroatoms. The summed E-state index contributed by atoms with van der Waals surface area (Å²) in [5.41, 5.74) is 0. The summed E-state index contributed by atoms with van der Waals surface area (Å²) in [6.45, 7) is 6.67. The molecule has 0 aliphatic rings. The molecule has 78 heavy (non-hydrogen) atoms. The highest BCUT2D eigenvalue weighted by Crippen LogP contribution is 2.18. The Morgan fingerprint density at radius 3 is 0.731 bits per heavy atom. The number of unbranched alkanes of at least 4 members (excludes halogenated alkanes) is 45. The third-order valence-corrected chi connectivity index (χ3v) is 15.6. The standard InChI is InChI=1S/C72H132O6/c1-4-7-10-13-16-19-22-25-28-30-32-34-35-36-37-39-40-42-44-47-50-53-56-59-62-65-71(74)77-68-69(67-76-70(73)64-61-58-55-52-49-46-27-24-21-18-15-12-9-6-3)78-72(75)66-63-60-57-54-51-48-45-43-41-38-33-31-29-26-23-20-17-14-11-8-5-2/h22,24-25,27,30,32,35-36,69H,4-21,23,26,28-29,31,33-34,37-68H2,1-3H3/b25-22-,27-24-,32-30-,36-35-. The van der Waals surface area contributed by atoms with Crippen LogP contribution in [0, 0.1) is 0 Å². The maximum Gasteiger partial charge on any atom is 0.306 e. The van der Waals surface area contributed by atoms with Crippen LogP contribution in [0.5, 0.6) is 0 Å². The van der Waals surface area contributed by atoms with Gasteiger partial charge in [0.15, 0.2) is 6.10 Å². The molecule has 1 atom stereocenters. The van der Waals surface area contributed by atoms with Gasteiger partial charge in [-0.25, -0.2) is 0 Å². The molecule has 456 valence electrons. The van der Waals surface area contributed by atoms with E-state index in [-0.39, 0.29) is 31.1 Å². The Bertz CT molecular complexity index is 1350. The van der Waals surface area contributed by atoms with E-state index in [0.717, 1.165) is 77.0 Å². The largest absolute Gasteiger partial charge is 0.462 e. The maximum absolute atomic E-state index is 12.9. The molecule has 0 heterocycles. The fourth-order valence-electron chi connectivity index (χ4n) is 10.3. The topological polar surface area (TPSA) is 78.9 Å². The lowest BCUT2D eigenvalue weighted by Crippen LogP contribution is -2.30. The Labute approximate surface area is 486 Å². The third kappa shape index (κ3) is 64.2. The Morgan fingerprint density at radius 1 is 0.256 bits per heavy atom. The highest BCUT2D eigenvalue weighted by Gasteiger charge is 2.19. The normalized spacial score (nSPS) is 12.3. The van der Waals surface area contributed by atoms with Crippen LogP contribution in [0.15, 0.2) is 48.6 Å².